The van der Waals surface area contributed by atoms with Gasteiger partial charge < -0.3 is 0 Å². The summed E-state index contributed by atoms with van der Waals surface area (Å²) in [5.41, 5.74) is 18.5. The van der Waals surface area contributed by atoms with E-state index in [9.17, 15) is 0 Å². The van der Waals surface area contributed by atoms with Crippen LogP contribution in [0, 0.1) is 0 Å². The van der Waals surface area contributed by atoms with Gasteiger partial charge in [0, 0.05) is 10.8 Å². The third-order valence-electron chi connectivity index (χ3n) is 14.8. The highest BCUT2D eigenvalue weighted by atomic mass is 14.4. The van der Waals surface area contributed by atoms with Gasteiger partial charge in [-0.15, -0.1) is 0 Å². The summed E-state index contributed by atoms with van der Waals surface area (Å²) in [5.74, 6) is 0. The molecule has 292 valence electrons. The van der Waals surface area contributed by atoms with Crippen LogP contribution in [0.2, 0.25) is 0 Å². The van der Waals surface area contributed by atoms with Crippen LogP contribution < -0.4 is 0 Å². The van der Waals surface area contributed by atoms with E-state index in [0.717, 1.165) is 0 Å². The van der Waals surface area contributed by atoms with E-state index in [1.807, 2.05) is 0 Å². The maximum absolute atomic E-state index is 2.52. The molecular weight excluding hydrogens is 745 g/mol. The molecule has 0 saturated heterocycles. The van der Waals surface area contributed by atoms with Crippen molar-refractivity contribution in [1.29, 1.82) is 0 Å². The second-order valence-electron chi connectivity index (χ2n) is 18.7. The largest absolute Gasteiger partial charge is 0.0616 e. The standard InChI is InChI=1S/C62H44/c1-61(2)53-33-32-38-17-6-8-20-42(38)57(53)58-47-24-12-9-21-44(47)50(34-54(58)61)39-28-30-40(31-29-39)51-35-55-59(48-25-13-10-22-45(48)51)60-49-26-14-11-23-46(49)52(36-56(60)62(55,3)4)43-27-15-18-37-16-5-7-19-41(37)43/h5-36H,1-4H3. The lowest BCUT2D eigenvalue weighted by molar-refractivity contribution is 0.661. The summed E-state index contributed by atoms with van der Waals surface area (Å²) >= 11 is 0. The molecule has 0 radical (unpaired) electrons. The number of hydrogen-bond acceptors (Lipinski definition) is 0. The van der Waals surface area contributed by atoms with Gasteiger partial charge in [0.25, 0.3) is 0 Å². The molecule has 0 heterocycles. The fraction of sp³-hybridized carbons (Fsp3) is 0.0968. The molecule has 62 heavy (non-hydrogen) atoms. The third-order valence-corrected chi connectivity index (χ3v) is 14.8. The van der Waals surface area contributed by atoms with E-state index < -0.39 is 0 Å². The van der Waals surface area contributed by atoms with Crippen molar-refractivity contribution in [3.05, 3.63) is 216 Å². The fourth-order valence-electron chi connectivity index (χ4n) is 11.8. The first-order chi connectivity index (χ1) is 30.3. The van der Waals surface area contributed by atoms with Crippen molar-refractivity contribution < 1.29 is 0 Å². The van der Waals surface area contributed by atoms with Gasteiger partial charge >= 0.3 is 0 Å². The molecule has 13 rings (SSSR count). The monoisotopic (exact) mass is 788 g/mol. The first-order valence-corrected chi connectivity index (χ1v) is 22.1. The van der Waals surface area contributed by atoms with Crippen molar-refractivity contribution in [3.63, 3.8) is 0 Å². The normalized spacial score (nSPS) is 14.4. The zero-order valence-electron chi connectivity index (χ0n) is 35.5. The Morgan fingerprint density at radius 2 is 0.597 bits per heavy atom. The van der Waals surface area contributed by atoms with Crippen LogP contribution in [0.3, 0.4) is 0 Å². The van der Waals surface area contributed by atoms with E-state index in [1.54, 1.807) is 0 Å². The Bertz CT molecular complexity index is 3720. The molecule has 0 aliphatic heterocycles. The smallest absolute Gasteiger partial charge is 0.0159 e. The predicted octanol–water partition coefficient (Wildman–Crippen LogP) is 17.1. The lowest BCUT2D eigenvalue weighted by Crippen LogP contribution is -2.15. The zero-order valence-corrected chi connectivity index (χ0v) is 35.5. The van der Waals surface area contributed by atoms with Gasteiger partial charge in [-0.2, -0.15) is 0 Å². The quantitative estimate of drug-likeness (QED) is 0.167. The van der Waals surface area contributed by atoms with E-state index in [4.69, 9.17) is 0 Å². The van der Waals surface area contributed by atoms with Gasteiger partial charge in [-0.3, -0.25) is 0 Å². The molecule has 0 saturated carbocycles. The van der Waals surface area contributed by atoms with Crippen LogP contribution in [0.4, 0.5) is 0 Å². The van der Waals surface area contributed by atoms with Gasteiger partial charge in [-0.1, -0.05) is 204 Å². The zero-order chi connectivity index (χ0) is 41.5. The molecule has 0 fully saturated rings. The first kappa shape index (κ1) is 35.5. The minimum atomic E-state index is -0.216. The predicted molar refractivity (Wildman–Crippen MR) is 265 cm³/mol. The Morgan fingerprint density at radius 3 is 1.11 bits per heavy atom. The number of fused-ring (bicyclic) bond motifs is 15. The summed E-state index contributed by atoms with van der Waals surface area (Å²) in [4.78, 5) is 0. The lowest BCUT2D eigenvalue weighted by Gasteiger charge is -2.24. The fourth-order valence-corrected chi connectivity index (χ4v) is 11.8. The van der Waals surface area contributed by atoms with Gasteiger partial charge in [0.15, 0.2) is 0 Å². The van der Waals surface area contributed by atoms with Crippen molar-refractivity contribution in [2.45, 2.75) is 38.5 Å². The van der Waals surface area contributed by atoms with Gasteiger partial charge in [-0.25, -0.2) is 0 Å². The molecule has 0 N–H and O–H groups in total. The Kier molecular flexibility index (Phi) is 7.23. The maximum atomic E-state index is 2.52. The molecule has 0 nitrogen and oxygen atoms in total. The molecule has 11 aromatic rings. The Balaban J connectivity index is 0.981. The van der Waals surface area contributed by atoms with Crippen LogP contribution in [0.5, 0.6) is 0 Å². The minimum absolute atomic E-state index is 0.123. The van der Waals surface area contributed by atoms with E-state index in [0.29, 0.717) is 0 Å². The maximum Gasteiger partial charge on any atom is 0.0159 e. The second-order valence-corrected chi connectivity index (χ2v) is 18.7. The van der Waals surface area contributed by atoms with E-state index in [1.165, 1.54) is 132 Å². The molecule has 0 spiro atoms. The highest BCUT2D eigenvalue weighted by Crippen LogP contribution is 2.58. The molecule has 0 unspecified atom stereocenters. The van der Waals surface area contributed by atoms with Crippen LogP contribution in [-0.4, -0.2) is 0 Å². The minimum Gasteiger partial charge on any atom is -0.0616 e. The van der Waals surface area contributed by atoms with Crippen LogP contribution in [-0.2, 0) is 10.8 Å². The van der Waals surface area contributed by atoms with Crippen LogP contribution in [0.25, 0.3) is 109 Å². The van der Waals surface area contributed by atoms with Crippen LogP contribution >= 0.6 is 0 Å². The van der Waals surface area contributed by atoms with Gasteiger partial charge in [0.2, 0.25) is 0 Å². The SMILES string of the molecule is CC1(C)c2ccc3ccccc3c2-c2c1cc(-c1ccc(-c3cc4c(c5ccccc35)-c3c(cc(-c5cccc6ccccc56)c5ccccc35)C4(C)C)cc1)c1ccccc21. The molecule has 2 aliphatic rings. The third kappa shape index (κ3) is 4.73. The highest BCUT2D eigenvalue weighted by molar-refractivity contribution is 6.18. The van der Waals surface area contributed by atoms with Crippen molar-refractivity contribution >= 4 is 53.9 Å². The Hall–Kier alpha value is -7.28. The average molecular weight is 789 g/mol. The first-order valence-electron chi connectivity index (χ1n) is 22.1. The van der Waals surface area contributed by atoms with Gasteiger partial charge in [-0.05, 0) is 150 Å². The van der Waals surface area contributed by atoms with E-state index in [-0.39, 0.29) is 10.8 Å². The van der Waals surface area contributed by atoms with Crippen molar-refractivity contribution in [1.82, 2.24) is 0 Å². The summed E-state index contributed by atoms with van der Waals surface area (Å²) < 4.78 is 0. The molecule has 2 aliphatic carbocycles. The van der Waals surface area contributed by atoms with E-state index >= 15 is 0 Å². The Labute approximate surface area is 362 Å². The lowest BCUT2D eigenvalue weighted by atomic mass is 9.79. The molecule has 0 amide bonds. The average Bonchev–Trinajstić information content (AvgIpc) is 3.70. The molecule has 0 atom stereocenters. The Morgan fingerprint density at radius 1 is 0.242 bits per heavy atom. The topological polar surface area (TPSA) is 0 Å². The molecule has 0 heteroatoms. The van der Waals surface area contributed by atoms with Crippen molar-refractivity contribution in [3.8, 4) is 55.6 Å². The number of benzene rings is 11. The summed E-state index contributed by atoms with van der Waals surface area (Å²) in [5, 5.41) is 13.1. The summed E-state index contributed by atoms with van der Waals surface area (Å²) in [7, 11) is 0. The van der Waals surface area contributed by atoms with Crippen LogP contribution in [0.15, 0.2) is 194 Å². The van der Waals surface area contributed by atoms with E-state index in [2.05, 4.69) is 222 Å². The summed E-state index contributed by atoms with van der Waals surface area (Å²) in [6, 6.07) is 73.3. The number of rotatable bonds is 3. The van der Waals surface area contributed by atoms with Gasteiger partial charge in [0.1, 0.15) is 0 Å². The highest BCUT2D eigenvalue weighted by Gasteiger charge is 2.40. The molecular formula is C62H44. The molecule has 0 aromatic heterocycles. The summed E-state index contributed by atoms with van der Waals surface area (Å²) in [6.45, 7) is 9.67. The molecule has 0 bridgehead atoms. The molecule has 11 aromatic carbocycles. The summed E-state index contributed by atoms with van der Waals surface area (Å²) in [6.07, 6.45) is 0. The second kappa shape index (κ2) is 12.6. The number of hydrogen-bond donors (Lipinski definition) is 0. The van der Waals surface area contributed by atoms with Crippen LogP contribution in [0.1, 0.15) is 49.9 Å². The van der Waals surface area contributed by atoms with Crippen molar-refractivity contribution in [2.24, 2.45) is 0 Å². The van der Waals surface area contributed by atoms with Gasteiger partial charge in [0.05, 0.1) is 0 Å². The van der Waals surface area contributed by atoms with Crippen molar-refractivity contribution in [2.75, 3.05) is 0 Å².